The Morgan fingerprint density at radius 1 is 1.33 bits per heavy atom. The van der Waals surface area contributed by atoms with Crippen LogP contribution in [0.15, 0.2) is 29.4 Å². The fraction of sp³-hybridized carbons (Fsp3) is 0.125. The molecule has 1 aliphatic heterocycles. The van der Waals surface area contributed by atoms with E-state index in [1.54, 1.807) is 24.3 Å². The van der Waals surface area contributed by atoms with Crippen LogP contribution in [-0.4, -0.2) is 5.97 Å². The number of fused-ring (bicyclic) bond motifs is 1. The zero-order valence-electron chi connectivity index (χ0n) is 6.06. The quantitative estimate of drug-likeness (QED) is 0.467. The number of hydrogen-bond acceptors (Lipinski definition) is 4. The van der Waals surface area contributed by atoms with Crippen LogP contribution in [0.3, 0.4) is 0 Å². The Morgan fingerprint density at radius 3 is 2.83 bits per heavy atom. The molecule has 0 bridgehead atoms. The lowest BCUT2D eigenvalue weighted by Crippen LogP contribution is -1.94. The van der Waals surface area contributed by atoms with Crippen molar-refractivity contribution >= 4 is 5.97 Å². The number of rotatable bonds is 1. The maximum atomic E-state index is 11.0. The van der Waals surface area contributed by atoms with Gasteiger partial charge in [-0.05, 0) is 11.2 Å². The first-order valence-corrected chi connectivity index (χ1v) is 3.45. The average Bonchev–Trinajstić information content (AvgIpc) is 2.44. The molecule has 1 aromatic carbocycles. The molecular weight excluding hydrogens is 158 g/mol. The Morgan fingerprint density at radius 2 is 2.08 bits per heavy atom. The molecule has 0 fully saturated rings. The Kier molecular flexibility index (Phi) is 1.40. The van der Waals surface area contributed by atoms with Crippen LogP contribution >= 0.6 is 0 Å². The molecule has 0 spiro atoms. The van der Waals surface area contributed by atoms with Crippen molar-refractivity contribution in [1.82, 2.24) is 0 Å². The van der Waals surface area contributed by atoms with Gasteiger partial charge >= 0.3 is 5.97 Å². The minimum absolute atomic E-state index is 0.433. The van der Waals surface area contributed by atoms with Crippen LogP contribution in [0.5, 0.6) is 0 Å². The smallest absolute Gasteiger partial charge is 0.340 e. The van der Waals surface area contributed by atoms with Crippen molar-refractivity contribution < 1.29 is 9.53 Å². The van der Waals surface area contributed by atoms with Gasteiger partial charge in [-0.15, -0.1) is 4.91 Å². The fourth-order valence-corrected chi connectivity index (χ4v) is 1.20. The molecule has 60 valence electrons. The Labute approximate surface area is 68.1 Å². The number of nitroso groups, excluding NO2 is 1. The minimum atomic E-state index is -0.950. The van der Waals surface area contributed by atoms with E-state index in [0.717, 1.165) is 0 Å². The summed E-state index contributed by atoms with van der Waals surface area (Å²) in [7, 11) is 0. The number of hydrogen-bond donors (Lipinski definition) is 0. The van der Waals surface area contributed by atoms with Crippen molar-refractivity contribution in [2.45, 2.75) is 6.23 Å². The third kappa shape index (κ3) is 0.812. The molecule has 0 aliphatic carbocycles. The molecule has 2 rings (SSSR count). The maximum absolute atomic E-state index is 11.0. The minimum Gasteiger partial charge on any atom is -0.428 e. The summed E-state index contributed by atoms with van der Waals surface area (Å²) in [6.45, 7) is 0. The molecule has 1 atom stereocenters. The predicted molar refractivity (Wildman–Crippen MR) is 40.4 cm³/mol. The molecule has 12 heavy (non-hydrogen) atoms. The molecule has 4 nitrogen and oxygen atoms in total. The van der Waals surface area contributed by atoms with Gasteiger partial charge in [0.05, 0.1) is 5.56 Å². The zero-order valence-corrected chi connectivity index (χ0v) is 6.06. The highest BCUT2D eigenvalue weighted by molar-refractivity contribution is 5.93. The lowest BCUT2D eigenvalue weighted by molar-refractivity contribution is 0.0400. The van der Waals surface area contributed by atoms with Crippen LogP contribution in [0.1, 0.15) is 22.1 Å². The van der Waals surface area contributed by atoms with Crippen molar-refractivity contribution in [3.05, 3.63) is 40.3 Å². The lowest BCUT2D eigenvalue weighted by atomic mass is 10.1. The number of carbonyl (C=O) groups is 1. The van der Waals surface area contributed by atoms with Crippen LogP contribution in [0.4, 0.5) is 0 Å². The van der Waals surface area contributed by atoms with Gasteiger partial charge < -0.3 is 4.74 Å². The molecule has 1 aliphatic rings. The Balaban J connectivity index is 2.57. The van der Waals surface area contributed by atoms with Crippen molar-refractivity contribution in [2.75, 3.05) is 0 Å². The fourth-order valence-electron chi connectivity index (χ4n) is 1.20. The van der Waals surface area contributed by atoms with Crippen molar-refractivity contribution in [3.63, 3.8) is 0 Å². The first kappa shape index (κ1) is 6.97. The van der Waals surface area contributed by atoms with E-state index >= 15 is 0 Å². The van der Waals surface area contributed by atoms with Crippen LogP contribution in [0.25, 0.3) is 0 Å². The summed E-state index contributed by atoms with van der Waals surface area (Å²) in [6.07, 6.45) is -0.950. The zero-order chi connectivity index (χ0) is 8.55. The highest BCUT2D eigenvalue weighted by atomic mass is 16.6. The second-order valence-electron chi connectivity index (χ2n) is 2.45. The molecule has 1 heterocycles. The molecule has 0 amide bonds. The molecule has 0 saturated carbocycles. The molecule has 4 heteroatoms. The van der Waals surface area contributed by atoms with Gasteiger partial charge in [-0.1, -0.05) is 18.2 Å². The van der Waals surface area contributed by atoms with E-state index in [1.165, 1.54) is 0 Å². The third-order valence-corrected chi connectivity index (χ3v) is 1.76. The van der Waals surface area contributed by atoms with E-state index < -0.39 is 12.2 Å². The van der Waals surface area contributed by atoms with E-state index in [4.69, 9.17) is 0 Å². The number of carbonyl (C=O) groups excluding carboxylic acids is 1. The molecule has 1 unspecified atom stereocenters. The van der Waals surface area contributed by atoms with Gasteiger partial charge in [0.2, 0.25) is 0 Å². The summed E-state index contributed by atoms with van der Waals surface area (Å²) in [5.41, 5.74) is 0.986. The largest absolute Gasteiger partial charge is 0.428 e. The SMILES string of the molecule is O=NC1OC(=O)c2ccccc21. The Hall–Kier alpha value is -1.71. The Bertz CT molecular complexity index is 348. The summed E-state index contributed by atoms with van der Waals surface area (Å²) >= 11 is 0. The predicted octanol–water partition coefficient (Wildman–Crippen LogP) is 1.62. The van der Waals surface area contributed by atoms with E-state index in [1.807, 2.05) is 0 Å². The number of ether oxygens (including phenoxy) is 1. The summed E-state index contributed by atoms with van der Waals surface area (Å²) in [4.78, 5) is 21.2. The van der Waals surface area contributed by atoms with E-state index in [0.29, 0.717) is 11.1 Å². The van der Waals surface area contributed by atoms with E-state index in [2.05, 4.69) is 9.91 Å². The first-order valence-electron chi connectivity index (χ1n) is 3.45. The van der Waals surface area contributed by atoms with E-state index in [-0.39, 0.29) is 0 Å². The molecular formula is C8H5NO3. The molecule has 1 aromatic rings. The van der Waals surface area contributed by atoms with Gasteiger partial charge in [-0.3, -0.25) is 0 Å². The summed E-state index contributed by atoms with van der Waals surface area (Å²) < 4.78 is 4.66. The van der Waals surface area contributed by atoms with Gasteiger partial charge in [0.25, 0.3) is 6.23 Å². The average molecular weight is 163 g/mol. The monoisotopic (exact) mass is 163 g/mol. The number of cyclic esters (lactones) is 1. The number of nitrogens with zero attached hydrogens (tertiary/aromatic N) is 1. The van der Waals surface area contributed by atoms with Crippen LogP contribution in [0, 0.1) is 4.91 Å². The van der Waals surface area contributed by atoms with E-state index in [9.17, 15) is 9.70 Å². The van der Waals surface area contributed by atoms with Crippen LogP contribution in [0.2, 0.25) is 0 Å². The molecule has 0 N–H and O–H groups in total. The lowest BCUT2D eigenvalue weighted by Gasteiger charge is -1.97. The molecule has 0 radical (unpaired) electrons. The summed E-state index contributed by atoms with van der Waals surface area (Å²) in [5.74, 6) is -0.477. The standard InChI is InChI=1S/C8H5NO3/c10-8-6-4-2-1-3-5(6)7(9-11)12-8/h1-4,7H. The topological polar surface area (TPSA) is 55.7 Å². The van der Waals surface area contributed by atoms with Crippen molar-refractivity contribution in [1.29, 1.82) is 0 Å². The summed E-state index contributed by atoms with van der Waals surface area (Å²) in [6, 6.07) is 6.72. The van der Waals surface area contributed by atoms with Crippen molar-refractivity contribution in [2.24, 2.45) is 5.18 Å². The van der Waals surface area contributed by atoms with Gasteiger partial charge in [-0.25, -0.2) is 4.79 Å². The second kappa shape index (κ2) is 2.41. The highest BCUT2D eigenvalue weighted by Crippen LogP contribution is 2.30. The third-order valence-electron chi connectivity index (χ3n) is 1.76. The maximum Gasteiger partial charge on any atom is 0.340 e. The first-order chi connectivity index (χ1) is 5.83. The number of benzene rings is 1. The highest BCUT2D eigenvalue weighted by Gasteiger charge is 2.30. The van der Waals surface area contributed by atoms with Gasteiger partial charge in [0.15, 0.2) is 0 Å². The normalized spacial score (nSPS) is 20.0. The van der Waals surface area contributed by atoms with Crippen LogP contribution in [-0.2, 0) is 4.74 Å². The molecule has 0 aromatic heterocycles. The van der Waals surface area contributed by atoms with Crippen molar-refractivity contribution in [3.8, 4) is 0 Å². The van der Waals surface area contributed by atoms with Crippen LogP contribution < -0.4 is 0 Å². The molecule has 0 saturated heterocycles. The summed E-state index contributed by atoms with van der Waals surface area (Å²) in [5, 5.41) is 2.69. The van der Waals surface area contributed by atoms with Gasteiger partial charge in [-0.2, -0.15) is 0 Å². The second-order valence-corrected chi connectivity index (χ2v) is 2.45. The van der Waals surface area contributed by atoms with Gasteiger partial charge in [0.1, 0.15) is 0 Å². The van der Waals surface area contributed by atoms with Gasteiger partial charge in [0, 0.05) is 5.56 Å². The number of esters is 1.